The second-order valence-corrected chi connectivity index (χ2v) is 4.66. The van der Waals surface area contributed by atoms with Crippen LogP contribution >= 0.6 is 11.6 Å². The summed E-state index contributed by atoms with van der Waals surface area (Å²) < 4.78 is 0. The molecule has 1 aromatic carbocycles. The summed E-state index contributed by atoms with van der Waals surface area (Å²) in [7, 11) is 0. The molecule has 4 heteroatoms. The lowest BCUT2D eigenvalue weighted by Crippen LogP contribution is -1.91. The van der Waals surface area contributed by atoms with Gasteiger partial charge in [0.25, 0.3) is 0 Å². The minimum absolute atomic E-state index is 0.686. The van der Waals surface area contributed by atoms with E-state index in [2.05, 4.69) is 34.3 Å². The fraction of sp³-hybridized carbons (Fsp3) is 0.0714. The molecule has 0 saturated heterocycles. The molecule has 0 bridgehead atoms. The third-order valence-corrected chi connectivity index (χ3v) is 3.10. The Bertz CT molecular complexity index is 703. The van der Waals surface area contributed by atoms with E-state index in [1.165, 1.54) is 5.56 Å². The number of pyridine rings is 1. The predicted molar refractivity (Wildman–Crippen MR) is 75.6 cm³/mol. The molecule has 0 unspecified atom stereocenters. The van der Waals surface area contributed by atoms with Gasteiger partial charge in [-0.2, -0.15) is 0 Å². The van der Waals surface area contributed by atoms with Crippen molar-refractivity contribution in [3.8, 4) is 0 Å². The summed E-state index contributed by atoms with van der Waals surface area (Å²) in [5.74, 6) is 0. The zero-order valence-electron chi connectivity index (χ0n) is 9.87. The molecule has 0 atom stereocenters. The first-order valence-electron chi connectivity index (χ1n) is 5.69. The smallest absolute Gasteiger partial charge is 0.138 e. The summed E-state index contributed by atoms with van der Waals surface area (Å²) in [5.41, 5.74) is 3.99. The summed E-state index contributed by atoms with van der Waals surface area (Å²) in [5, 5.41) is 4.93. The standard InChI is InChI=1S/C14H12ClN3/c1-9-3-2-4-10(5-9)18-11-6-12-13(15)8-17-14(12)16-7-11/h2-8,18H,1H3,(H,16,17). The van der Waals surface area contributed by atoms with E-state index in [0.717, 1.165) is 22.4 Å². The maximum Gasteiger partial charge on any atom is 0.138 e. The van der Waals surface area contributed by atoms with Crippen molar-refractivity contribution in [2.75, 3.05) is 5.32 Å². The Morgan fingerprint density at radius 1 is 1.22 bits per heavy atom. The number of hydrogen-bond donors (Lipinski definition) is 2. The molecule has 3 aromatic rings. The monoisotopic (exact) mass is 257 g/mol. The molecule has 0 radical (unpaired) electrons. The Kier molecular flexibility index (Phi) is 2.68. The van der Waals surface area contributed by atoms with Crippen molar-refractivity contribution >= 4 is 34.0 Å². The van der Waals surface area contributed by atoms with Crippen molar-refractivity contribution < 1.29 is 0 Å². The summed E-state index contributed by atoms with van der Waals surface area (Å²) in [4.78, 5) is 7.34. The number of nitrogens with one attached hydrogen (secondary N) is 2. The Hall–Kier alpha value is -2.00. The predicted octanol–water partition coefficient (Wildman–Crippen LogP) is 4.27. The number of aryl methyl sites for hydroxylation is 1. The van der Waals surface area contributed by atoms with Crippen LogP contribution in [-0.2, 0) is 0 Å². The van der Waals surface area contributed by atoms with Gasteiger partial charge in [0.05, 0.1) is 16.9 Å². The van der Waals surface area contributed by atoms with Gasteiger partial charge in [0.2, 0.25) is 0 Å². The van der Waals surface area contributed by atoms with Crippen LogP contribution in [0.25, 0.3) is 11.0 Å². The van der Waals surface area contributed by atoms with E-state index in [9.17, 15) is 0 Å². The Morgan fingerprint density at radius 2 is 2.11 bits per heavy atom. The summed E-state index contributed by atoms with van der Waals surface area (Å²) in [6.07, 6.45) is 3.53. The van der Waals surface area contributed by atoms with Crippen LogP contribution in [0.2, 0.25) is 5.02 Å². The molecule has 3 nitrogen and oxygen atoms in total. The van der Waals surface area contributed by atoms with Crippen LogP contribution in [-0.4, -0.2) is 9.97 Å². The molecule has 0 aliphatic carbocycles. The molecule has 0 amide bonds. The average Bonchev–Trinajstić information content (AvgIpc) is 2.71. The van der Waals surface area contributed by atoms with Gasteiger partial charge in [-0.15, -0.1) is 0 Å². The molecule has 2 heterocycles. The van der Waals surface area contributed by atoms with Crippen molar-refractivity contribution in [3.05, 3.63) is 53.3 Å². The average molecular weight is 258 g/mol. The van der Waals surface area contributed by atoms with Crippen molar-refractivity contribution in [3.63, 3.8) is 0 Å². The van der Waals surface area contributed by atoms with Gasteiger partial charge in [-0.05, 0) is 30.7 Å². The SMILES string of the molecule is Cc1cccc(Nc2cnc3[nH]cc(Cl)c3c2)c1. The van der Waals surface area contributed by atoms with Crippen molar-refractivity contribution in [1.82, 2.24) is 9.97 Å². The van der Waals surface area contributed by atoms with E-state index in [1.807, 2.05) is 18.2 Å². The van der Waals surface area contributed by atoms with E-state index >= 15 is 0 Å². The highest BCUT2D eigenvalue weighted by atomic mass is 35.5. The van der Waals surface area contributed by atoms with Gasteiger partial charge in [0.1, 0.15) is 5.65 Å². The minimum Gasteiger partial charge on any atom is -0.354 e. The van der Waals surface area contributed by atoms with E-state index in [0.29, 0.717) is 5.02 Å². The first-order valence-corrected chi connectivity index (χ1v) is 6.06. The van der Waals surface area contributed by atoms with Gasteiger partial charge in [0.15, 0.2) is 0 Å². The normalized spacial score (nSPS) is 10.8. The van der Waals surface area contributed by atoms with Crippen LogP contribution in [0.15, 0.2) is 42.7 Å². The highest BCUT2D eigenvalue weighted by Crippen LogP contribution is 2.25. The molecule has 3 rings (SSSR count). The zero-order chi connectivity index (χ0) is 12.5. The Labute approximate surface area is 110 Å². The Balaban J connectivity index is 1.97. The van der Waals surface area contributed by atoms with Gasteiger partial charge in [-0.1, -0.05) is 23.7 Å². The number of anilines is 2. The summed E-state index contributed by atoms with van der Waals surface area (Å²) in [6, 6.07) is 10.2. The zero-order valence-corrected chi connectivity index (χ0v) is 10.6. The maximum atomic E-state index is 6.07. The highest BCUT2D eigenvalue weighted by molar-refractivity contribution is 6.35. The first kappa shape index (κ1) is 11.1. The number of fused-ring (bicyclic) bond motifs is 1. The first-order chi connectivity index (χ1) is 8.72. The van der Waals surface area contributed by atoms with Crippen LogP contribution < -0.4 is 5.32 Å². The fourth-order valence-electron chi connectivity index (χ4n) is 1.93. The highest BCUT2D eigenvalue weighted by Gasteiger charge is 2.04. The van der Waals surface area contributed by atoms with Gasteiger partial charge < -0.3 is 10.3 Å². The third-order valence-electron chi connectivity index (χ3n) is 2.79. The van der Waals surface area contributed by atoms with Crippen molar-refractivity contribution in [2.24, 2.45) is 0 Å². The van der Waals surface area contributed by atoms with Gasteiger partial charge in [-0.3, -0.25) is 0 Å². The molecule has 90 valence electrons. The number of nitrogens with zero attached hydrogens (tertiary/aromatic N) is 1. The number of benzene rings is 1. The van der Waals surface area contributed by atoms with Crippen LogP contribution in [0.4, 0.5) is 11.4 Å². The van der Waals surface area contributed by atoms with Gasteiger partial charge in [0, 0.05) is 17.3 Å². The number of halogens is 1. The molecule has 0 aliphatic heterocycles. The second-order valence-electron chi connectivity index (χ2n) is 4.25. The van der Waals surface area contributed by atoms with Crippen LogP contribution in [0.5, 0.6) is 0 Å². The fourth-order valence-corrected chi connectivity index (χ4v) is 2.13. The summed E-state index contributed by atoms with van der Waals surface area (Å²) in [6.45, 7) is 2.07. The third kappa shape index (κ3) is 2.05. The molecule has 0 spiro atoms. The molecule has 18 heavy (non-hydrogen) atoms. The van der Waals surface area contributed by atoms with Crippen LogP contribution in [0.3, 0.4) is 0 Å². The summed E-state index contributed by atoms with van der Waals surface area (Å²) >= 11 is 6.07. The Morgan fingerprint density at radius 3 is 2.94 bits per heavy atom. The largest absolute Gasteiger partial charge is 0.354 e. The molecule has 0 aliphatic rings. The lowest BCUT2D eigenvalue weighted by Gasteiger charge is -2.06. The molecule has 2 aromatic heterocycles. The number of rotatable bonds is 2. The van der Waals surface area contributed by atoms with Crippen molar-refractivity contribution in [1.29, 1.82) is 0 Å². The minimum atomic E-state index is 0.686. The number of aromatic amines is 1. The molecular weight excluding hydrogens is 246 g/mol. The van der Waals surface area contributed by atoms with Gasteiger partial charge in [-0.25, -0.2) is 4.98 Å². The lowest BCUT2D eigenvalue weighted by atomic mass is 10.2. The number of H-pyrrole nitrogens is 1. The second kappa shape index (κ2) is 4.35. The van der Waals surface area contributed by atoms with E-state index in [-0.39, 0.29) is 0 Å². The molecule has 0 fully saturated rings. The van der Waals surface area contributed by atoms with E-state index < -0.39 is 0 Å². The molecular formula is C14H12ClN3. The van der Waals surface area contributed by atoms with Crippen LogP contribution in [0.1, 0.15) is 5.56 Å². The topological polar surface area (TPSA) is 40.7 Å². The van der Waals surface area contributed by atoms with Gasteiger partial charge >= 0.3 is 0 Å². The van der Waals surface area contributed by atoms with E-state index in [4.69, 9.17) is 11.6 Å². The molecule has 0 saturated carbocycles. The van der Waals surface area contributed by atoms with Crippen molar-refractivity contribution in [2.45, 2.75) is 6.92 Å². The van der Waals surface area contributed by atoms with Crippen LogP contribution in [0, 0.1) is 6.92 Å². The number of aromatic nitrogens is 2. The number of hydrogen-bond acceptors (Lipinski definition) is 2. The maximum absolute atomic E-state index is 6.07. The quantitative estimate of drug-likeness (QED) is 0.720. The van der Waals surface area contributed by atoms with E-state index in [1.54, 1.807) is 12.4 Å². The lowest BCUT2D eigenvalue weighted by molar-refractivity contribution is 1.32. The molecule has 2 N–H and O–H groups in total.